The van der Waals surface area contributed by atoms with Gasteiger partial charge in [-0.2, -0.15) is 13.2 Å². The minimum absolute atomic E-state index is 0.0814. The van der Waals surface area contributed by atoms with E-state index in [1.54, 1.807) is 4.57 Å². The molecule has 0 aliphatic carbocycles. The monoisotopic (exact) mass is 557 g/mol. The number of halogens is 6. The first kappa shape index (κ1) is 23.8. The topological polar surface area (TPSA) is 89.8 Å². The quantitative estimate of drug-likeness (QED) is 0.427. The van der Waals surface area contributed by atoms with E-state index in [9.17, 15) is 21.6 Å². The van der Waals surface area contributed by atoms with Gasteiger partial charge in [-0.25, -0.2) is 13.4 Å². The zero-order chi connectivity index (χ0) is 23.1. The van der Waals surface area contributed by atoms with Crippen molar-refractivity contribution >= 4 is 54.8 Å². The first-order valence-electron chi connectivity index (χ1n) is 8.46. The molecule has 0 saturated carbocycles. The largest absolute Gasteiger partial charge is 0.416 e. The van der Waals surface area contributed by atoms with Crippen LogP contribution in [0.2, 0.25) is 10.0 Å². The standard InChI is InChI=1S/C17H13BrCl2F3N5O2S/c1-8(2)28-15(25-26-16(28)18)14-13(6-11(20)7-24-14)27-31(29,30)12-4-9(17(21,22)23)3-10(19)5-12/h3-8,27H,1-2H3. The van der Waals surface area contributed by atoms with Gasteiger partial charge in [0.25, 0.3) is 10.0 Å². The van der Waals surface area contributed by atoms with Gasteiger partial charge in [-0.1, -0.05) is 23.2 Å². The van der Waals surface area contributed by atoms with Crippen LogP contribution < -0.4 is 4.72 Å². The molecule has 2 aromatic heterocycles. The fourth-order valence-electron chi connectivity index (χ4n) is 2.67. The summed E-state index contributed by atoms with van der Waals surface area (Å²) in [6.45, 7) is 3.70. The maximum atomic E-state index is 13.1. The van der Waals surface area contributed by atoms with Crippen LogP contribution >= 0.6 is 39.1 Å². The number of nitrogens with zero attached hydrogens (tertiary/aromatic N) is 4. The summed E-state index contributed by atoms with van der Waals surface area (Å²) in [6, 6.07) is 3.17. The second kappa shape index (κ2) is 8.57. The van der Waals surface area contributed by atoms with Crippen LogP contribution in [-0.4, -0.2) is 28.2 Å². The van der Waals surface area contributed by atoms with E-state index in [4.69, 9.17) is 23.2 Å². The Labute approximate surface area is 193 Å². The van der Waals surface area contributed by atoms with E-state index in [1.807, 2.05) is 13.8 Å². The number of aromatic nitrogens is 4. The molecule has 3 aromatic rings. The Balaban J connectivity index is 2.12. The maximum Gasteiger partial charge on any atom is 0.416 e. The first-order valence-corrected chi connectivity index (χ1v) is 11.5. The Hall–Kier alpha value is -1.89. The second-order valence-electron chi connectivity index (χ2n) is 6.58. The molecule has 0 fully saturated rings. The highest BCUT2D eigenvalue weighted by Crippen LogP contribution is 2.35. The van der Waals surface area contributed by atoms with Gasteiger partial charge in [0, 0.05) is 17.3 Å². The molecule has 14 heteroatoms. The normalized spacial score (nSPS) is 12.4. The third kappa shape index (κ3) is 5.13. The molecule has 1 aromatic carbocycles. The van der Waals surface area contributed by atoms with Gasteiger partial charge in [-0.3, -0.25) is 9.29 Å². The van der Waals surface area contributed by atoms with Crippen LogP contribution in [-0.2, 0) is 16.2 Å². The summed E-state index contributed by atoms with van der Waals surface area (Å²) in [4.78, 5) is 3.47. The molecule has 0 aliphatic rings. The number of hydrogen-bond donors (Lipinski definition) is 1. The molecule has 2 heterocycles. The van der Waals surface area contributed by atoms with Gasteiger partial charge in [0.15, 0.2) is 5.82 Å². The van der Waals surface area contributed by atoms with Gasteiger partial charge in [-0.15, -0.1) is 10.2 Å². The van der Waals surface area contributed by atoms with Gasteiger partial charge in [0.2, 0.25) is 4.73 Å². The van der Waals surface area contributed by atoms with E-state index in [0.717, 1.165) is 6.07 Å². The maximum absolute atomic E-state index is 13.1. The van der Waals surface area contributed by atoms with E-state index in [0.29, 0.717) is 16.9 Å². The molecule has 0 aliphatic heterocycles. The number of pyridine rings is 1. The molecule has 0 atom stereocenters. The molecule has 31 heavy (non-hydrogen) atoms. The van der Waals surface area contributed by atoms with Crippen molar-refractivity contribution in [3.8, 4) is 11.5 Å². The Morgan fingerprint density at radius 3 is 2.39 bits per heavy atom. The summed E-state index contributed by atoms with van der Waals surface area (Å²) >= 11 is 15.0. The predicted molar refractivity (Wildman–Crippen MR) is 114 cm³/mol. The number of rotatable bonds is 5. The number of nitrogens with one attached hydrogen (secondary N) is 1. The smallest absolute Gasteiger partial charge is 0.298 e. The van der Waals surface area contributed by atoms with Gasteiger partial charge >= 0.3 is 6.18 Å². The molecule has 7 nitrogen and oxygen atoms in total. The molecule has 0 unspecified atom stereocenters. The van der Waals surface area contributed by atoms with Crippen molar-refractivity contribution in [2.24, 2.45) is 0 Å². The number of anilines is 1. The highest BCUT2D eigenvalue weighted by atomic mass is 79.9. The van der Waals surface area contributed by atoms with Crippen LogP contribution in [0, 0.1) is 0 Å². The number of hydrogen-bond acceptors (Lipinski definition) is 5. The first-order chi connectivity index (χ1) is 14.3. The van der Waals surface area contributed by atoms with E-state index in [1.165, 1.54) is 12.3 Å². The molecule has 1 N–H and O–H groups in total. The van der Waals surface area contributed by atoms with E-state index in [-0.39, 0.29) is 33.3 Å². The van der Waals surface area contributed by atoms with Gasteiger partial charge < -0.3 is 0 Å². The van der Waals surface area contributed by atoms with Crippen LogP contribution in [0.1, 0.15) is 25.5 Å². The summed E-state index contributed by atoms with van der Waals surface area (Å²) < 4.78 is 69.3. The van der Waals surface area contributed by atoms with Crippen molar-refractivity contribution in [2.75, 3.05) is 4.72 Å². The van der Waals surface area contributed by atoms with Gasteiger partial charge in [-0.05, 0) is 54.0 Å². The third-order valence-electron chi connectivity index (χ3n) is 3.99. The van der Waals surface area contributed by atoms with Crippen LogP contribution in [0.5, 0.6) is 0 Å². The Bertz CT molecular complexity index is 1250. The van der Waals surface area contributed by atoms with Crippen LogP contribution in [0.4, 0.5) is 18.9 Å². The van der Waals surface area contributed by atoms with Crippen LogP contribution in [0.15, 0.2) is 40.1 Å². The molecule has 0 saturated heterocycles. The molecule has 0 radical (unpaired) electrons. The van der Waals surface area contributed by atoms with Crippen molar-refractivity contribution < 1.29 is 21.6 Å². The van der Waals surface area contributed by atoms with E-state index >= 15 is 0 Å². The van der Waals surface area contributed by atoms with Crippen molar-refractivity contribution in [1.82, 2.24) is 19.7 Å². The second-order valence-corrected chi connectivity index (χ2v) is 9.85. The van der Waals surface area contributed by atoms with Gasteiger partial charge in [0.05, 0.1) is 21.2 Å². The Kier molecular flexibility index (Phi) is 6.57. The van der Waals surface area contributed by atoms with Gasteiger partial charge in [0.1, 0.15) is 5.69 Å². The molecule has 0 spiro atoms. The van der Waals surface area contributed by atoms with Crippen molar-refractivity contribution in [1.29, 1.82) is 0 Å². The molecular formula is C17H13BrCl2F3N5O2S. The molecular weight excluding hydrogens is 546 g/mol. The van der Waals surface area contributed by atoms with Crippen molar-refractivity contribution in [2.45, 2.75) is 31.0 Å². The zero-order valence-corrected chi connectivity index (χ0v) is 19.7. The summed E-state index contributed by atoms with van der Waals surface area (Å²) in [5.41, 5.74) is -1.21. The fraction of sp³-hybridized carbons (Fsp3) is 0.235. The van der Waals surface area contributed by atoms with Crippen molar-refractivity contribution in [3.05, 3.63) is 50.8 Å². The highest BCUT2D eigenvalue weighted by molar-refractivity contribution is 9.10. The van der Waals surface area contributed by atoms with E-state index in [2.05, 4.69) is 35.8 Å². The molecule has 0 amide bonds. The lowest BCUT2D eigenvalue weighted by Gasteiger charge is -2.16. The number of benzene rings is 1. The third-order valence-corrected chi connectivity index (χ3v) is 6.30. The molecule has 166 valence electrons. The summed E-state index contributed by atoms with van der Waals surface area (Å²) in [7, 11) is -4.49. The highest BCUT2D eigenvalue weighted by Gasteiger charge is 2.33. The predicted octanol–water partition coefficient (Wildman–Crippen LogP) is 5.81. The Morgan fingerprint density at radius 1 is 1.10 bits per heavy atom. The number of sulfonamides is 1. The van der Waals surface area contributed by atoms with Crippen LogP contribution in [0.25, 0.3) is 11.5 Å². The lowest BCUT2D eigenvalue weighted by Crippen LogP contribution is -2.16. The average molecular weight is 559 g/mol. The summed E-state index contributed by atoms with van der Waals surface area (Å²) in [5, 5.41) is 7.65. The lowest BCUT2D eigenvalue weighted by atomic mass is 10.2. The minimum atomic E-state index is -4.78. The number of alkyl halides is 3. The molecule has 0 bridgehead atoms. The zero-order valence-electron chi connectivity index (χ0n) is 15.7. The molecule has 3 rings (SSSR count). The summed E-state index contributed by atoms with van der Waals surface area (Å²) in [6.07, 6.45) is -3.50. The Morgan fingerprint density at radius 2 is 1.77 bits per heavy atom. The minimum Gasteiger partial charge on any atom is -0.298 e. The van der Waals surface area contributed by atoms with Crippen LogP contribution in [0.3, 0.4) is 0 Å². The SMILES string of the molecule is CC(C)n1c(Br)nnc1-c1ncc(Cl)cc1NS(=O)(=O)c1cc(Cl)cc(C(F)(F)F)c1. The fourth-order valence-corrected chi connectivity index (χ4v) is 4.91. The summed E-state index contributed by atoms with van der Waals surface area (Å²) in [5.74, 6) is 0.221. The lowest BCUT2D eigenvalue weighted by molar-refractivity contribution is -0.137. The average Bonchev–Trinajstić information content (AvgIpc) is 3.02. The van der Waals surface area contributed by atoms with Crippen molar-refractivity contribution in [3.63, 3.8) is 0 Å². The van der Waals surface area contributed by atoms with E-state index < -0.39 is 26.7 Å².